The molecule has 2 aromatic carbocycles. The van der Waals surface area contributed by atoms with Crippen LogP contribution < -0.4 is 10.1 Å². The number of nitrogens with one attached hydrogen (secondary N) is 1. The number of para-hydroxylation sites is 1. The largest absolute Gasteiger partial charge is 0.497 e. The summed E-state index contributed by atoms with van der Waals surface area (Å²) in [5, 5.41) is 13.5. The Hall–Kier alpha value is -3.30. The van der Waals surface area contributed by atoms with Gasteiger partial charge in [-0.05, 0) is 42.5 Å². The number of nitriles is 1. The third-order valence-corrected chi connectivity index (χ3v) is 5.23. The van der Waals surface area contributed by atoms with Crippen molar-refractivity contribution in [2.75, 3.05) is 18.2 Å². The van der Waals surface area contributed by atoms with Crippen LogP contribution in [0.25, 0.3) is 11.1 Å². The molecule has 0 aliphatic heterocycles. The number of benzene rings is 2. The first-order chi connectivity index (χ1) is 14.1. The quantitative estimate of drug-likeness (QED) is 0.565. The lowest BCUT2D eigenvalue weighted by Gasteiger charge is -2.17. The number of hydrogen-bond acceptors (Lipinski definition) is 5. The molecule has 0 bridgehead atoms. The first-order valence-electron chi connectivity index (χ1n) is 9.17. The van der Waals surface area contributed by atoms with E-state index in [-0.39, 0.29) is 5.91 Å². The second-order valence-electron chi connectivity index (χ2n) is 6.22. The number of ether oxygens (including phenoxy) is 1. The summed E-state index contributed by atoms with van der Waals surface area (Å²) < 4.78 is 5.24. The molecule has 0 aliphatic rings. The maximum Gasteiger partial charge on any atom is 0.258 e. The summed E-state index contributed by atoms with van der Waals surface area (Å²) in [5.41, 5.74) is 3.43. The van der Waals surface area contributed by atoms with Gasteiger partial charge in [0.1, 0.15) is 16.8 Å². The fourth-order valence-electron chi connectivity index (χ4n) is 3.06. The Bertz CT molecular complexity index is 1060. The highest BCUT2D eigenvalue weighted by molar-refractivity contribution is 7.99. The molecule has 0 saturated carbocycles. The van der Waals surface area contributed by atoms with Gasteiger partial charge >= 0.3 is 0 Å². The molecule has 0 unspecified atom stereocenters. The van der Waals surface area contributed by atoms with E-state index in [0.29, 0.717) is 38.8 Å². The summed E-state index contributed by atoms with van der Waals surface area (Å²) in [7, 11) is 1.60. The molecule has 0 radical (unpaired) electrons. The minimum atomic E-state index is -0.295. The van der Waals surface area contributed by atoms with Gasteiger partial charge in [-0.1, -0.05) is 37.3 Å². The van der Waals surface area contributed by atoms with E-state index >= 15 is 0 Å². The number of hydrogen-bond donors (Lipinski definition) is 1. The highest BCUT2D eigenvalue weighted by atomic mass is 32.2. The van der Waals surface area contributed by atoms with Crippen molar-refractivity contribution >= 4 is 23.4 Å². The van der Waals surface area contributed by atoms with Gasteiger partial charge in [-0.2, -0.15) is 5.26 Å². The first kappa shape index (κ1) is 20.4. The third-order valence-electron chi connectivity index (χ3n) is 4.38. The molecular formula is C23H21N3O2S. The minimum absolute atomic E-state index is 0.295. The van der Waals surface area contributed by atoms with E-state index in [1.807, 2.05) is 61.5 Å². The van der Waals surface area contributed by atoms with Crippen molar-refractivity contribution in [3.8, 4) is 22.9 Å². The van der Waals surface area contributed by atoms with Gasteiger partial charge in [-0.15, -0.1) is 11.8 Å². The summed E-state index contributed by atoms with van der Waals surface area (Å²) in [6.45, 7) is 3.81. The molecule has 0 spiro atoms. The van der Waals surface area contributed by atoms with Crippen LogP contribution in [-0.2, 0) is 0 Å². The molecule has 29 heavy (non-hydrogen) atoms. The molecule has 1 N–H and O–H groups in total. The molecule has 0 saturated heterocycles. The number of rotatable bonds is 6. The standard InChI is InChI=1S/C23H21N3O2S/c1-4-29-23-19(14-24)21(16-10-12-18(28-3)13-11-16)20(15(2)25-23)22(27)26-17-8-6-5-7-9-17/h5-13H,4H2,1-3H3,(H,26,27). The van der Waals surface area contributed by atoms with Gasteiger partial charge in [-0.25, -0.2) is 4.98 Å². The average Bonchev–Trinajstić information content (AvgIpc) is 2.74. The van der Waals surface area contributed by atoms with Gasteiger partial charge in [0.2, 0.25) is 0 Å². The van der Waals surface area contributed by atoms with Crippen LogP contribution in [-0.4, -0.2) is 23.8 Å². The Morgan fingerprint density at radius 3 is 2.45 bits per heavy atom. The number of amides is 1. The van der Waals surface area contributed by atoms with Crippen LogP contribution in [0.5, 0.6) is 5.75 Å². The molecule has 0 fully saturated rings. The number of aromatic nitrogens is 1. The van der Waals surface area contributed by atoms with Gasteiger partial charge in [0.05, 0.1) is 23.9 Å². The van der Waals surface area contributed by atoms with Crippen LogP contribution in [0.15, 0.2) is 59.6 Å². The van der Waals surface area contributed by atoms with Crippen LogP contribution in [0.3, 0.4) is 0 Å². The minimum Gasteiger partial charge on any atom is -0.497 e. The predicted octanol–water partition coefficient (Wildman–Crippen LogP) is 5.30. The Balaban J connectivity index is 2.20. The van der Waals surface area contributed by atoms with E-state index in [2.05, 4.69) is 16.4 Å². The zero-order valence-corrected chi connectivity index (χ0v) is 17.3. The number of carbonyl (C=O) groups excluding carboxylic acids is 1. The van der Waals surface area contributed by atoms with E-state index in [1.165, 1.54) is 11.8 Å². The average molecular weight is 404 g/mol. The molecule has 1 aromatic heterocycles. The molecule has 146 valence electrons. The van der Waals surface area contributed by atoms with Gasteiger partial charge in [-0.3, -0.25) is 4.79 Å². The Morgan fingerprint density at radius 2 is 1.86 bits per heavy atom. The second kappa shape index (κ2) is 9.26. The number of nitrogens with zero attached hydrogens (tertiary/aromatic N) is 2. The van der Waals surface area contributed by atoms with Crippen molar-refractivity contribution in [3.05, 3.63) is 71.4 Å². The topological polar surface area (TPSA) is 75.0 Å². The predicted molar refractivity (Wildman–Crippen MR) is 116 cm³/mol. The normalized spacial score (nSPS) is 10.3. The van der Waals surface area contributed by atoms with Gasteiger partial charge < -0.3 is 10.1 Å². The maximum absolute atomic E-state index is 13.2. The van der Waals surface area contributed by atoms with Gasteiger partial charge in [0.15, 0.2) is 0 Å². The molecule has 0 atom stereocenters. The molecule has 3 aromatic rings. The lowest BCUT2D eigenvalue weighted by atomic mass is 9.94. The summed E-state index contributed by atoms with van der Waals surface area (Å²) in [4.78, 5) is 17.8. The zero-order chi connectivity index (χ0) is 20.8. The molecule has 6 heteroatoms. The second-order valence-corrected chi connectivity index (χ2v) is 7.47. The maximum atomic E-state index is 13.2. The molecule has 3 rings (SSSR count). The fourth-order valence-corrected chi connectivity index (χ4v) is 3.83. The number of anilines is 1. The number of thioether (sulfide) groups is 1. The lowest BCUT2D eigenvalue weighted by molar-refractivity contribution is 0.102. The number of methoxy groups -OCH3 is 1. The Labute approximate surface area is 174 Å². The van der Waals surface area contributed by atoms with Gasteiger partial charge in [0, 0.05) is 11.3 Å². The van der Waals surface area contributed by atoms with E-state index in [9.17, 15) is 10.1 Å². The van der Waals surface area contributed by atoms with E-state index in [4.69, 9.17) is 4.74 Å². The summed E-state index contributed by atoms with van der Waals surface area (Å²) in [6, 6.07) is 18.8. The van der Waals surface area contributed by atoms with Crippen molar-refractivity contribution in [2.24, 2.45) is 0 Å². The Morgan fingerprint density at radius 1 is 1.17 bits per heavy atom. The number of carbonyl (C=O) groups is 1. The molecule has 0 aliphatic carbocycles. The smallest absolute Gasteiger partial charge is 0.258 e. The zero-order valence-electron chi connectivity index (χ0n) is 16.5. The monoisotopic (exact) mass is 403 g/mol. The van der Waals surface area contributed by atoms with Crippen LogP contribution in [0.1, 0.15) is 28.5 Å². The van der Waals surface area contributed by atoms with Crippen LogP contribution in [0.4, 0.5) is 5.69 Å². The van der Waals surface area contributed by atoms with E-state index < -0.39 is 0 Å². The van der Waals surface area contributed by atoms with Crippen molar-refractivity contribution < 1.29 is 9.53 Å². The third kappa shape index (κ3) is 4.41. The highest BCUT2D eigenvalue weighted by Gasteiger charge is 2.24. The van der Waals surface area contributed by atoms with Gasteiger partial charge in [0.25, 0.3) is 5.91 Å². The summed E-state index contributed by atoms with van der Waals surface area (Å²) in [5.74, 6) is 1.19. The molecule has 1 amide bonds. The SMILES string of the molecule is CCSc1nc(C)c(C(=O)Nc2ccccc2)c(-c2ccc(OC)cc2)c1C#N. The fraction of sp³-hybridized carbons (Fsp3) is 0.174. The van der Waals surface area contributed by atoms with Crippen LogP contribution in [0, 0.1) is 18.3 Å². The van der Waals surface area contributed by atoms with E-state index in [0.717, 1.165) is 11.3 Å². The number of aryl methyl sites for hydroxylation is 1. The lowest BCUT2D eigenvalue weighted by Crippen LogP contribution is -2.17. The summed E-state index contributed by atoms with van der Waals surface area (Å²) >= 11 is 1.49. The van der Waals surface area contributed by atoms with Crippen LogP contribution in [0.2, 0.25) is 0 Å². The number of pyridine rings is 1. The van der Waals surface area contributed by atoms with Crippen molar-refractivity contribution in [3.63, 3.8) is 0 Å². The van der Waals surface area contributed by atoms with Crippen molar-refractivity contribution in [1.29, 1.82) is 5.26 Å². The summed E-state index contributed by atoms with van der Waals surface area (Å²) in [6.07, 6.45) is 0. The van der Waals surface area contributed by atoms with Crippen LogP contribution >= 0.6 is 11.8 Å². The molecular weight excluding hydrogens is 382 g/mol. The first-order valence-corrected chi connectivity index (χ1v) is 10.2. The molecule has 5 nitrogen and oxygen atoms in total. The van der Waals surface area contributed by atoms with Crippen molar-refractivity contribution in [1.82, 2.24) is 4.98 Å². The Kier molecular flexibility index (Phi) is 6.53. The molecule has 1 heterocycles. The van der Waals surface area contributed by atoms with E-state index in [1.54, 1.807) is 14.0 Å². The highest BCUT2D eigenvalue weighted by Crippen LogP contribution is 2.35. The van der Waals surface area contributed by atoms with Crippen molar-refractivity contribution in [2.45, 2.75) is 18.9 Å².